The van der Waals surface area contributed by atoms with Crippen molar-refractivity contribution in [3.8, 4) is 0 Å². The number of aromatic nitrogens is 1. The minimum Gasteiger partial charge on any atom is -0.396 e. The van der Waals surface area contributed by atoms with Gasteiger partial charge in [0.05, 0.1) is 0 Å². The molecule has 1 aromatic rings. The molecule has 0 fully saturated rings. The number of hydrogen-bond acceptors (Lipinski definition) is 3. The Morgan fingerprint density at radius 3 is 2.72 bits per heavy atom. The number of pyridine rings is 1. The lowest BCUT2D eigenvalue weighted by molar-refractivity contribution is 0.288. The first-order valence-corrected chi connectivity index (χ1v) is 9.53. The largest absolute Gasteiger partial charge is 0.396 e. The fourth-order valence-corrected chi connectivity index (χ4v) is 2.72. The number of aliphatic hydroxyl groups excluding tert-OH is 1. The second-order valence-electron chi connectivity index (χ2n) is 6.45. The van der Waals surface area contributed by atoms with E-state index in [2.05, 4.69) is 49.0 Å². The Kier molecular flexibility index (Phi) is 11.5. The Morgan fingerprint density at radius 1 is 1.20 bits per heavy atom. The Bertz CT molecular complexity index is 559. The van der Waals surface area contributed by atoms with Crippen molar-refractivity contribution in [2.45, 2.75) is 65.7 Å². The normalized spacial score (nSPS) is 13.4. The zero-order valence-electron chi connectivity index (χ0n) is 16.2. The molecule has 0 bridgehead atoms. The maximum Gasteiger partial charge on any atom is 0.0434 e. The van der Waals surface area contributed by atoms with Gasteiger partial charge in [-0.25, -0.2) is 0 Å². The van der Waals surface area contributed by atoms with Crippen LogP contribution in [0.25, 0.3) is 0 Å². The minimum absolute atomic E-state index is 0.278. The van der Waals surface area contributed by atoms with Gasteiger partial charge < -0.3 is 5.11 Å². The molecule has 1 rings (SSSR count). The third-order valence-corrected chi connectivity index (χ3v) is 4.42. The summed E-state index contributed by atoms with van der Waals surface area (Å²) in [6.45, 7) is 7.61. The Balaban J connectivity index is 2.31. The molecule has 0 saturated heterocycles. The van der Waals surface area contributed by atoms with Crippen LogP contribution in [-0.4, -0.2) is 29.0 Å². The molecule has 1 N–H and O–H groups in total. The molecule has 0 aliphatic carbocycles. The molecule has 138 valence electrons. The quantitative estimate of drug-likeness (QED) is 0.318. The fourth-order valence-electron chi connectivity index (χ4n) is 2.72. The topological polar surface area (TPSA) is 45.5 Å². The maximum atomic E-state index is 9.03. The van der Waals surface area contributed by atoms with E-state index in [9.17, 15) is 0 Å². The average Bonchev–Trinajstić information content (AvgIpc) is 2.65. The van der Waals surface area contributed by atoms with Crippen LogP contribution in [-0.2, 0) is 6.42 Å². The monoisotopic (exact) mass is 342 g/mol. The third-order valence-electron chi connectivity index (χ3n) is 4.42. The highest BCUT2D eigenvalue weighted by molar-refractivity contribution is 5.92. The SMILES string of the molecule is CCC(C)=C(CC/C=C\C(C)=NCCCc1ccccn1)CCCO. The van der Waals surface area contributed by atoms with E-state index in [1.807, 2.05) is 18.3 Å². The molecule has 0 aromatic carbocycles. The predicted octanol–water partition coefficient (Wildman–Crippen LogP) is 5.31. The van der Waals surface area contributed by atoms with Crippen molar-refractivity contribution < 1.29 is 5.11 Å². The highest BCUT2D eigenvalue weighted by atomic mass is 16.2. The number of aliphatic hydroxyl groups is 1. The molecular weight excluding hydrogens is 308 g/mol. The zero-order chi connectivity index (χ0) is 18.3. The number of allylic oxidation sites excluding steroid dienone is 4. The standard InChI is InChI=1S/C22H34N2O/c1-4-19(2)21(13-10-18-25)12-6-5-11-20(3)23-17-9-15-22-14-7-8-16-24-22/h5,7-8,11,14,16,25H,4,6,9-10,12-13,15,17-18H2,1-3H3/b11-5-,21-19?,23-20?. The van der Waals surface area contributed by atoms with E-state index >= 15 is 0 Å². The lowest BCUT2D eigenvalue weighted by Crippen LogP contribution is -1.94. The molecule has 0 amide bonds. The van der Waals surface area contributed by atoms with Crippen molar-refractivity contribution in [2.75, 3.05) is 13.2 Å². The van der Waals surface area contributed by atoms with Crippen LogP contribution in [0, 0.1) is 0 Å². The van der Waals surface area contributed by atoms with Gasteiger partial charge in [-0.15, -0.1) is 0 Å². The van der Waals surface area contributed by atoms with Crippen LogP contribution in [0.2, 0.25) is 0 Å². The minimum atomic E-state index is 0.278. The third kappa shape index (κ3) is 9.98. The molecule has 1 heterocycles. The lowest BCUT2D eigenvalue weighted by atomic mass is 9.98. The van der Waals surface area contributed by atoms with E-state index in [-0.39, 0.29) is 6.61 Å². The summed E-state index contributed by atoms with van der Waals surface area (Å²) in [5.74, 6) is 0. The Labute approximate surface area is 153 Å². The molecule has 0 aliphatic heterocycles. The molecule has 25 heavy (non-hydrogen) atoms. The number of rotatable bonds is 12. The predicted molar refractivity (Wildman–Crippen MR) is 108 cm³/mol. The van der Waals surface area contributed by atoms with Crippen molar-refractivity contribution in [3.63, 3.8) is 0 Å². The molecule has 0 unspecified atom stereocenters. The lowest BCUT2D eigenvalue weighted by Gasteiger charge is -2.09. The number of nitrogens with zero attached hydrogens (tertiary/aromatic N) is 2. The van der Waals surface area contributed by atoms with Crippen molar-refractivity contribution in [1.82, 2.24) is 4.98 Å². The molecular formula is C22H34N2O. The second kappa shape index (κ2) is 13.5. The summed E-state index contributed by atoms with van der Waals surface area (Å²) in [7, 11) is 0. The van der Waals surface area contributed by atoms with Crippen LogP contribution in [0.4, 0.5) is 0 Å². The van der Waals surface area contributed by atoms with Crippen LogP contribution in [0.15, 0.2) is 52.7 Å². The molecule has 0 spiro atoms. The van der Waals surface area contributed by atoms with E-state index < -0.39 is 0 Å². The van der Waals surface area contributed by atoms with Gasteiger partial charge >= 0.3 is 0 Å². The fraction of sp³-hybridized carbons (Fsp3) is 0.545. The maximum absolute atomic E-state index is 9.03. The van der Waals surface area contributed by atoms with Crippen LogP contribution >= 0.6 is 0 Å². The van der Waals surface area contributed by atoms with E-state index in [4.69, 9.17) is 5.11 Å². The summed E-state index contributed by atoms with van der Waals surface area (Å²) in [6, 6.07) is 6.04. The van der Waals surface area contributed by atoms with Gasteiger partial charge in [0, 0.05) is 30.8 Å². The highest BCUT2D eigenvalue weighted by Crippen LogP contribution is 2.19. The van der Waals surface area contributed by atoms with E-state index in [0.29, 0.717) is 0 Å². The first-order valence-electron chi connectivity index (χ1n) is 9.53. The zero-order valence-corrected chi connectivity index (χ0v) is 16.2. The first kappa shape index (κ1) is 21.3. The van der Waals surface area contributed by atoms with Gasteiger partial charge in [-0.2, -0.15) is 0 Å². The Morgan fingerprint density at radius 2 is 2.04 bits per heavy atom. The van der Waals surface area contributed by atoms with Gasteiger partial charge in [-0.05, 0) is 77.0 Å². The number of hydrogen-bond donors (Lipinski definition) is 1. The molecule has 0 aliphatic rings. The first-order chi connectivity index (χ1) is 12.2. The highest BCUT2D eigenvalue weighted by Gasteiger charge is 2.01. The van der Waals surface area contributed by atoms with Crippen molar-refractivity contribution >= 4 is 5.71 Å². The van der Waals surface area contributed by atoms with E-state index in [1.54, 1.807) is 0 Å². The summed E-state index contributed by atoms with van der Waals surface area (Å²) in [4.78, 5) is 8.95. The summed E-state index contributed by atoms with van der Waals surface area (Å²) in [5.41, 5.74) is 5.21. The van der Waals surface area contributed by atoms with Crippen molar-refractivity contribution in [2.24, 2.45) is 4.99 Å². The molecule has 0 atom stereocenters. The molecule has 0 saturated carbocycles. The van der Waals surface area contributed by atoms with Crippen LogP contribution in [0.3, 0.4) is 0 Å². The summed E-state index contributed by atoms with van der Waals surface area (Å²) in [5, 5.41) is 9.03. The van der Waals surface area contributed by atoms with Gasteiger partial charge in [-0.1, -0.05) is 30.2 Å². The summed E-state index contributed by atoms with van der Waals surface area (Å²) < 4.78 is 0. The average molecular weight is 343 g/mol. The summed E-state index contributed by atoms with van der Waals surface area (Å²) >= 11 is 0. The van der Waals surface area contributed by atoms with Gasteiger partial charge in [0.15, 0.2) is 0 Å². The van der Waals surface area contributed by atoms with E-state index in [0.717, 1.165) is 62.9 Å². The van der Waals surface area contributed by atoms with Gasteiger partial charge in [0.25, 0.3) is 0 Å². The molecule has 3 heteroatoms. The Hall–Kier alpha value is -1.74. The summed E-state index contributed by atoms with van der Waals surface area (Å²) in [6.07, 6.45) is 13.3. The molecule has 1 aromatic heterocycles. The van der Waals surface area contributed by atoms with Gasteiger partial charge in [-0.3, -0.25) is 9.98 Å². The number of aliphatic imine (C=N–C) groups is 1. The smallest absolute Gasteiger partial charge is 0.0434 e. The number of aryl methyl sites for hydroxylation is 1. The van der Waals surface area contributed by atoms with Crippen LogP contribution < -0.4 is 0 Å². The van der Waals surface area contributed by atoms with Gasteiger partial charge in [0.1, 0.15) is 0 Å². The van der Waals surface area contributed by atoms with Crippen LogP contribution in [0.5, 0.6) is 0 Å². The second-order valence-corrected chi connectivity index (χ2v) is 6.45. The molecule has 3 nitrogen and oxygen atoms in total. The van der Waals surface area contributed by atoms with Crippen molar-refractivity contribution in [1.29, 1.82) is 0 Å². The van der Waals surface area contributed by atoms with E-state index in [1.165, 1.54) is 11.1 Å². The molecule has 0 radical (unpaired) electrons. The van der Waals surface area contributed by atoms with Gasteiger partial charge in [0.2, 0.25) is 0 Å². The van der Waals surface area contributed by atoms with Crippen molar-refractivity contribution in [3.05, 3.63) is 53.4 Å². The van der Waals surface area contributed by atoms with Crippen LogP contribution in [0.1, 0.15) is 65.0 Å².